The van der Waals surface area contributed by atoms with Gasteiger partial charge in [-0.25, -0.2) is 9.59 Å². The Morgan fingerprint density at radius 1 is 0.844 bits per heavy atom. The van der Waals surface area contributed by atoms with Gasteiger partial charge in [-0.3, -0.25) is 4.79 Å². The number of esters is 1. The van der Waals surface area contributed by atoms with Gasteiger partial charge in [-0.15, -0.1) is 0 Å². The van der Waals surface area contributed by atoms with Crippen LogP contribution in [0.5, 0.6) is 5.75 Å². The molecular weight excluding hydrogens is 434 g/mol. The molecule has 0 aliphatic rings. The molecule has 0 bridgehead atoms. The third-order valence-electron chi connectivity index (χ3n) is 4.18. The van der Waals surface area contributed by atoms with Gasteiger partial charge < -0.3 is 25.4 Å². The molecule has 0 aliphatic carbocycles. The molecule has 8 nitrogen and oxygen atoms in total. The van der Waals surface area contributed by atoms with Crippen molar-refractivity contribution >= 4 is 46.6 Å². The number of urea groups is 1. The Kier molecular flexibility index (Phi) is 7.66. The zero-order valence-electron chi connectivity index (χ0n) is 17.1. The zero-order chi connectivity index (χ0) is 22.9. The summed E-state index contributed by atoms with van der Waals surface area (Å²) in [6, 6.07) is 19.4. The second kappa shape index (κ2) is 10.8. The number of hydrogen-bond donors (Lipinski definition) is 3. The van der Waals surface area contributed by atoms with Crippen LogP contribution >= 0.6 is 11.6 Å². The molecule has 32 heavy (non-hydrogen) atoms. The van der Waals surface area contributed by atoms with E-state index in [0.717, 1.165) is 0 Å². The lowest BCUT2D eigenvalue weighted by Gasteiger charge is -2.11. The fourth-order valence-electron chi connectivity index (χ4n) is 2.68. The summed E-state index contributed by atoms with van der Waals surface area (Å²) in [5, 5.41) is 8.35. The Morgan fingerprint density at radius 3 is 2.16 bits per heavy atom. The molecule has 0 radical (unpaired) electrons. The van der Waals surface area contributed by atoms with Gasteiger partial charge >= 0.3 is 12.0 Å². The first-order chi connectivity index (χ1) is 15.4. The maximum atomic E-state index is 12.2. The predicted octanol–water partition coefficient (Wildman–Crippen LogP) is 4.79. The molecule has 3 aromatic rings. The van der Waals surface area contributed by atoms with Gasteiger partial charge in [0.25, 0.3) is 5.91 Å². The van der Waals surface area contributed by atoms with Crippen LogP contribution in [0, 0.1) is 0 Å². The van der Waals surface area contributed by atoms with Crippen molar-refractivity contribution in [3.05, 3.63) is 83.4 Å². The van der Waals surface area contributed by atoms with Gasteiger partial charge in [0, 0.05) is 16.4 Å². The Morgan fingerprint density at radius 2 is 1.50 bits per heavy atom. The Hall–Kier alpha value is -4.04. The van der Waals surface area contributed by atoms with Gasteiger partial charge in [0.1, 0.15) is 5.75 Å². The first kappa shape index (κ1) is 22.6. The third kappa shape index (κ3) is 6.48. The van der Waals surface area contributed by atoms with Crippen molar-refractivity contribution in [2.75, 3.05) is 29.7 Å². The Labute approximate surface area is 189 Å². The average molecular weight is 454 g/mol. The molecule has 3 aromatic carbocycles. The lowest BCUT2D eigenvalue weighted by Crippen LogP contribution is -2.21. The van der Waals surface area contributed by atoms with Crippen LogP contribution in [0.3, 0.4) is 0 Å². The van der Waals surface area contributed by atoms with Crippen LogP contribution < -0.4 is 20.7 Å². The first-order valence-corrected chi connectivity index (χ1v) is 9.86. The fraction of sp³-hybridized carbons (Fsp3) is 0.0870. The molecule has 3 amide bonds. The van der Waals surface area contributed by atoms with Gasteiger partial charge in [0.15, 0.2) is 6.61 Å². The number of hydrogen-bond acceptors (Lipinski definition) is 5. The quantitative estimate of drug-likeness (QED) is 0.446. The highest BCUT2D eigenvalue weighted by Gasteiger charge is 2.13. The molecule has 9 heteroatoms. The second-order valence-corrected chi connectivity index (χ2v) is 6.93. The Bertz CT molecular complexity index is 1100. The summed E-state index contributed by atoms with van der Waals surface area (Å²) in [4.78, 5) is 36.3. The summed E-state index contributed by atoms with van der Waals surface area (Å²) in [5.74, 6) is -0.804. The molecule has 0 heterocycles. The van der Waals surface area contributed by atoms with Gasteiger partial charge in [0.05, 0.1) is 18.4 Å². The molecule has 0 atom stereocenters. The Balaban J connectivity index is 1.49. The molecule has 0 aliphatic heterocycles. The molecule has 0 spiro atoms. The van der Waals surface area contributed by atoms with Crippen molar-refractivity contribution in [1.82, 2.24) is 0 Å². The molecular formula is C23H20ClN3O5. The topological polar surface area (TPSA) is 106 Å². The summed E-state index contributed by atoms with van der Waals surface area (Å²) >= 11 is 5.93. The van der Waals surface area contributed by atoms with Crippen molar-refractivity contribution in [2.24, 2.45) is 0 Å². The number of benzene rings is 3. The summed E-state index contributed by atoms with van der Waals surface area (Å²) < 4.78 is 10.2. The minimum atomic E-state index is -0.682. The van der Waals surface area contributed by atoms with E-state index in [1.165, 1.54) is 25.3 Å². The SMILES string of the molecule is COc1ccc(Cl)cc1NC(=O)COC(=O)c1ccc(NC(=O)Nc2ccccc2)cc1. The van der Waals surface area contributed by atoms with Crippen LogP contribution in [-0.2, 0) is 9.53 Å². The van der Waals surface area contributed by atoms with Crippen LogP contribution in [0.25, 0.3) is 0 Å². The number of halogens is 1. The molecule has 3 rings (SSSR count). The van der Waals surface area contributed by atoms with Crippen LogP contribution in [0.2, 0.25) is 5.02 Å². The minimum Gasteiger partial charge on any atom is -0.495 e. The monoisotopic (exact) mass is 453 g/mol. The normalized spacial score (nSPS) is 10.1. The van der Waals surface area contributed by atoms with Gasteiger partial charge in [-0.1, -0.05) is 29.8 Å². The highest BCUT2D eigenvalue weighted by molar-refractivity contribution is 6.31. The first-order valence-electron chi connectivity index (χ1n) is 9.48. The van der Waals surface area contributed by atoms with Crippen LogP contribution in [0.1, 0.15) is 10.4 Å². The number of ether oxygens (including phenoxy) is 2. The largest absolute Gasteiger partial charge is 0.495 e. The molecule has 164 valence electrons. The lowest BCUT2D eigenvalue weighted by atomic mass is 10.2. The maximum Gasteiger partial charge on any atom is 0.338 e. The number of rotatable bonds is 7. The molecule has 0 aromatic heterocycles. The zero-order valence-corrected chi connectivity index (χ0v) is 17.8. The van der Waals surface area contributed by atoms with Crippen molar-refractivity contribution in [2.45, 2.75) is 0 Å². The fourth-order valence-corrected chi connectivity index (χ4v) is 2.86. The van der Waals surface area contributed by atoms with E-state index in [9.17, 15) is 14.4 Å². The van der Waals surface area contributed by atoms with Crippen molar-refractivity contribution in [3.8, 4) is 5.75 Å². The van der Waals surface area contributed by atoms with E-state index in [2.05, 4.69) is 16.0 Å². The lowest BCUT2D eigenvalue weighted by molar-refractivity contribution is -0.119. The summed E-state index contributed by atoms with van der Waals surface area (Å²) in [5.41, 5.74) is 1.73. The van der Waals surface area contributed by atoms with E-state index in [-0.39, 0.29) is 5.56 Å². The van der Waals surface area contributed by atoms with Crippen molar-refractivity contribution in [3.63, 3.8) is 0 Å². The highest BCUT2D eigenvalue weighted by Crippen LogP contribution is 2.27. The van der Waals surface area contributed by atoms with E-state index in [1.54, 1.807) is 36.4 Å². The number of carbonyl (C=O) groups is 3. The third-order valence-corrected chi connectivity index (χ3v) is 4.42. The van der Waals surface area contributed by atoms with Crippen LogP contribution in [0.15, 0.2) is 72.8 Å². The van der Waals surface area contributed by atoms with Crippen LogP contribution in [0.4, 0.5) is 21.9 Å². The van der Waals surface area contributed by atoms with E-state index >= 15 is 0 Å². The smallest absolute Gasteiger partial charge is 0.338 e. The van der Waals surface area contributed by atoms with Crippen molar-refractivity contribution in [1.29, 1.82) is 0 Å². The van der Waals surface area contributed by atoms with Gasteiger partial charge in [0.2, 0.25) is 0 Å². The van der Waals surface area contributed by atoms with E-state index in [0.29, 0.717) is 27.8 Å². The number of amides is 3. The molecule has 3 N–H and O–H groups in total. The summed E-state index contributed by atoms with van der Waals surface area (Å²) in [6.45, 7) is -0.492. The number of carbonyl (C=O) groups excluding carboxylic acids is 3. The average Bonchev–Trinajstić information content (AvgIpc) is 2.79. The van der Waals surface area contributed by atoms with E-state index < -0.39 is 24.5 Å². The summed E-state index contributed by atoms with van der Waals surface area (Å²) in [6.07, 6.45) is 0. The number of anilines is 3. The van der Waals surface area contributed by atoms with E-state index in [4.69, 9.17) is 21.1 Å². The van der Waals surface area contributed by atoms with Crippen molar-refractivity contribution < 1.29 is 23.9 Å². The van der Waals surface area contributed by atoms with Gasteiger partial charge in [-0.2, -0.15) is 0 Å². The molecule has 0 saturated heterocycles. The number of para-hydroxylation sites is 1. The molecule has 0 saturated carbocycles. The molecule has 0 unspecified atom stereocenters. The standard InChI is InChI=1S/C23H20ClN3O5/c1-31-20-12-9-16(24)13-19(20)27-21(28)14-32-22(29)15-7-10-18(11-8-15)26-23(30)25-17-5-3-2-4-6-17/h2-13H,14H2,1H3,(H,27,28)(H2,25,26,30). The minimum absolute atomic E-state index is 0.229. The maximum absolute atomic E-state index is 12.2. The van der Waals surface area contributed by atoms with Crippen LogP contribution in [-0.4, -0.2) is 31.6 Å². The molecule has 0 fully saturated rings. The summed E-state index contributed by atoms with van der Waals surface area (Å²) in [7, 11) is 1.46. The number of methoxy groups -OCH3 is 1. The predicted molar refractivity (Wildman–Crippen MR) is 122 cm³/mol. The second-order valence-electron chi connectivity index (χ2n) is 6.49. The number of nitrogens with one attached hydrogen (secondary N) is 3. The highest BCUT2D eigenvalue weighted by atomic mass is 35.5. The van der Waals surface area contributed by atoms with E-state index in [1.807, 2.05) is 18.2 Å². The van der Waals surface area contributed by atoms with Gasteiger partial charge in [-0.05, 0) is 54.6 Å².